The monoisotopic (exact) mass is 386 g/mol. The van der Waals surface area contributed by atoms with Gasteiger partial charge in [0.15, 0.2) is 11.5 Å². The first-order valence-corrected chi connectivity index (χ1v) is 9.30. The zero-order valence-electron chi connectivity index (χ0n) is 15.9. The Morgan fingerprint density at radius 1 is 0.931 bits per heavy atom. The number of carbonyl (C=O) groups excluding carboxylic acids is 1. The number of halogens is 1. The van der Waals surface area contributed by atoms with Crippen molar-refractivity contribution >= 4 is 16.7 Å². The van der Waals surface area contributed by atoms with Crippen molar-refractivity contribution < 1.29 is 13.9 Å². The average Bonchev–Trinajstić information content (AvgIpc) is 2.74. The predicted molar refractivity (Wildman–Crippen MR) is 110 cm³/mol. The molecule has 0 unspecified atom stereocenters. The van der Waals surface area contributed by atoms with Crippen LogP contribution in [0.3, 0.4) is 0 Å². The predicted octanol–water partition coefficient (Wildman–Crippen LogP) is 5.14. The Labute approximate surface area is 168 Å². The highest BCUT2D eigenvalue weighted by atomic mass is 19.1. The molecular formula is C24H19FN2O2. The summed E-state index contributed by atoms with van der Waals surface area (Å²) in [5, 5.41) is 0.790. The normalized spacial score (nSPS) is 10.8. The third-order valence-electron chi connectivity index (χ3n) is 4.62. The number of ketones is 1. The Morgan fingerprint density at radius 3 is 2.41 bits per heavy atom. The van der Waals surface area contributed by atoms with Gasteiger partial charge in [0.05, 0.1) is 0 Å². The molecule has 0 fully saturated rings. The van der Waals surface area contributed by atoms with Gasteiger partial charge in [-0.2, -0.15) is 0 Å². The van der Waals surface area contributed by atoms with Crippen LogP contribution in [0.25, 0.3) is 10.9 Å². The molecule has 0 spiro atoms. The molecule has 2 heterocycles. The Kier molecular flexibility index (Phi) is 5.29. The first-order valence-electron chi connectivity index (χ1n) is 9.30. The number of carbonyl (C=O) groups is 1. The van der Waals surface area contributed by atoms with E-state index < -0.39 is 0 Å². The summed E-state index contributed by atoms with van der Waals surface area (Å²) >= 11 is 0. The summed E-state index contributed by atoms with van der Waals surface area (Å²) in [7, 11) is 0. The second kappa shape index (κ2) is 8.19. The molecule has 0 N–H and O–H groups in total. The lowest BCUT2D eigenvalue weighted by atomic mass is 10.0. The molecule has 0 aliphatic heterocycles. The first-order chi connectivity index (χ1) is 14.1. The molecule has 0 saturated carbocycles. The number of nitrogens with zero attached hydrogens (tertiary/aromatic N) is 2. The van der Waals surface area contributed by atoms with Gasteiger partial charge < -0.3 is 4.74 Å². The number of benzene rings is 2. The van der Waals surface area contributed by atoms with Crippen LogP contribution >= 0.6 is 0 Å². The zero-order chi connectivity index (χ0) is 20.2. The molecule has 0 aliphatic rings. The van der Waals surface area contributed by atoms with Crippen LogP contribution in [0.15, 0.2) is 73.1 Å². The fourth-order valence-corrected chi connectivity index (χ4v) is 3.17. The van der Waals surface area contributed by atoms with E-state index in [-0.39, 0.29) is 17.3 Å². The summed E-state index contributed by atoms with van der Waals surface area (Å²) in [6.45, 7) is 1.79. The highest BCUT2D eigenvalue weighted by Crippen LogP contribution is 2.29. The highest BCUT2D eigenvalue weighted by Gasteiger charge is 2.16. The van der Waals surface area contributed by atoms with E-state index in [1.807, 2.05) is 36.4 Å². The van der Waals surface area contributed by atoms with E-state index in [0.717, 1.165) is 22.1 Å². The molecule has 4 aromatic rings. The third kappa shape index (κ3) is 4.29. The van der Waals surface area contributed by atoms with Crippen LogP contribution in [-0.4, -0.2) is 15.8 Å². The maximum atomic E-state index is 13.1. The molecule has 0 aliphatic carbocycles. The summed E-state index contributed by atoms with van der Waals surface area (Å²) in [5.41, 5.74) is 3.82. The Morgan fingerprint density at radius 2 is 1.69 bits per heavy atom. The summed E-state index contributed by atoms with van der Waals surface area (Å²) in [6.07, 6.45) is 4.02. The van der Waals surface area contributed by atoms with Gasteiger partial charge in [-0.1, -0.05) is 42.5 Å². The lowest BCUT2D eigenvalue weighted by Gasteiger charge is -2.12. The van der Waals surface area contributed by atoms with Gasteiger partial charge in [-0.25, -0.2) is 9.37 Å². The van der Waals surface area contributed by atoms with Gasteiger partial charge in [0.1, 0.15) is 23.6 Å². The van der Waals surface area contributed by atoms with E-state index in [1.54, 1.807) is 24.5 Å². The van der Waals surface area contributed by atoms with Gasteiger partial charge in [0, 0.05) is 24.7 Å². The van der Waals surface area contributed by atoms with Crippen LogP contribution in [0.1, 0.15) is 34.1 Å². The van der Waals surface area contributed by atoms with Gasteiger partial charge in [0.2, 0.25) is 0 Å². The molecule has 144 valence electrons. The average molecular weight is 386 g/mol. The Hall–Kier alpha value is -3.60. The number of hydrogen-bond acceptors (Lipinski definition) is 4. The van der Waals surface area contributed by atoms with Crippen molar-refractivity contribution in [3.63, 3.8) is 0 Å². The van der Waals surface area contributed by atoms with Crippen LogP contribution in [0, 0.1) is 5.82 Å². The lowest BCUT2D eigenvalue weighted by molar-refractivity contribution is 0.100. The number of ether oxygens (including phenoxy) is 1. The van der Waals surface area contributed by atoms with Crippen LogP contribution in [-0.2, 0) is 13.0 Å². The maximum Gasteiger partial charge on any atom is 0.182 e. The van der Waals surface area contributed by atoms with Crippen molar-refractivity contribution in [3.05, 3.63) is 101 Å². The van der Waals surface area contributed by atoms with Crippen molar-refractivity contribution in [2.24, 2.45) is 0 Å². The molecule has 0 saturated heterocycles. The third-order valence-corrected chi connectivity index (χ3v) is 4.62. The van der Waals surface area contributed by atoms with Crippen molar-refractivity contribution in [1.82, 2.24) is 9.97 Å². The van der Waals surface area contributed by atoms with Crippen LogP contribution < -0.4 is 4.74 Å². The van der Waals surface area contributed by atoms with E-state index in [0.29, 0.717) is 24.3 Å². The second-order valence-electron chi connectivity index (χ2n) is 6.85. The van der Waals surface area contributed by atoms with Gasteiger partial charge in [-0.3, -0.25) is 9.78 Å². The van der Waals surface area contributed by atoms with Gasteiger partial charge in [0.25, 0.3) is 0 Å². The van der Waals surface area contributed by atoms with Crippen molar-refractivity contribution in [2.75, 3.05) is 0 Å². The Balaban J connectivity index is 1.67. The zero-order valence-corrected chi connectivity index (χ0v) is 15.9. The van der Waals surface area contributed by atoms with Gasteiger partial charge in [-0.05, 0) is 41.3 Å². The molecule has 0 amide bonds. The van der Waals surface area contributed by atoms with Crippen LogP contribution in [0.5, 0.6) is 5.75 Å². The van der Waals surface area contributed by atoms with Gasteiger partial charge >= 0.3 is 0 Å². The summed E-state index contributed by atoms with van der Waals surface area (Å²) in [4.78, 5) is 20.9. The molecule has 0 radical (unpaired) electrons. The standard InChI is InChI=1S/C24H19FN2O2/c1-16(28)22-24(29-15-18-5-3-2-4-6-18)23-20(14-27-22)12-19(13-26-23)11-17-7-9-21(25)10-8-17/h2-10,12-14H,11,15H2,1H3. The molecule has 4 nitrogen and oxygen atoms in total. The van der Waals surface area contributed by atoms with Crippen molar-refractivity contribution in [3.8, 4) is 5.75 Å². The number of Topliss-reactive ketones (excluding diaryl/α,β-unsaturated/α-hetero) is 1. The number of rotatable bonds is 6. The highest BCUT2D eigenvalue weighted by molar-refractivity contribution is 6.00. The van der Waals surface area contributed by atoms with Gasteiger partial charge in [-0.15, -0.1) is 0 Å². The second-order valence-corrected chi connectivity index (χ2v) is 6.85. The largest absolute Gasteiger partial charge is 0.484 e. The molecule has 5 heteroatoms. The molecule has 0 bridgehead atoms. The van der Waals surface area contributed by atoms with E-state index in [9.17, 15) is 9.18 Å². The number of pyridine rings is 2. The number of fused-ring (bicyclic) bond motifs is 1. The van der Waals surface area contributed by atoms with Crippen LogP contribution in [0.2, 0.25) is 0 Å². The minimum Gasteiger partial charge on any atom is -0.484 e. The smallest absolute Gasteiger partial charge is 0.182 e. The number of aromatic nitrogens is 2. The SMILES string of the molecule is CC(=O)c1ncc2cc(Cc3ccc(F)cc3)cnc2c1OCc1ccccc1. The Bertz CT molecular complexity index is 1160. The lowest BCUT2D eigenvalue weighted by Crippen LogP contribution is -2.06. The topological polar surface area (TPSA) is 52.1 Å². The summed E-state index contributed by atoms with van der Waals surface area (Å²) in [5.74, 6) is -0.0362. The van der Waals surface area contributed by atoms with Crippen LogP contribution in [0.4, 0.5) is 4.39 Å². The molecule has 0 atom stereocenters. The van der Waals surface area contributed by atoms with E-state index >= 15 is 0 Å². The summed E-state index contributed by atoms with van der Waals surface area (Å²) in [6, 6.07) is 18.1. The first kappa shape index (κ1) is 18.7. The van der Waals surface area contributed by atoms with E-state index in [2.05, 4.69) is 9.97 Å². The fraction of sp³-hybridized carbons (Fsp3) is 0.125. The summed E-state index contributed by atoms with van der Waals surface area (Å²) < 4.78 is 19.1. The fourth-order valence-electron chi connectivity index (χ4n) is 3.17. The van der Waals surface area contributed by atoms with E-state index in [1.165, 1.54) is 19.1 Å². The maximum absolute atomic E-state index is 13.1. The van der Waals surface area contributed by atoms with E-state index in [4.69, 9.17) is 4.74 Å². The van der Waals surface area contributed by atoms with Crippen molar-refractivity contribution in [2.45, 2.75) is 20.0 Å². The molecule has 2 aromatic heterocycles. The molecule has 2 aromatic carbocycles. The molecule has 29 heavy (non-hydrogen) atoms. The van der Waals surface area contributed by atoms with Crippen molar-refractivity contribution in [1.29, 1.82) is 0 Å². The minimum atomic E-state index is -0.258. The quantitative estimate of drug-likeness (QED) is 0.431. The molecule has 4 rings (SSSR count). The number of hydrogen-bond donors (Lipinski definition) is 0. The minimum absolute atomic E-state index is 0.174. The molecular weight excluding hydrogens is 367 g/mol.